The number of halogens is 1. The van der Waals surface area contributed by atoms with E-state index >= 15 is 0 Å². The summed E-state index contributed by atoms with van der Waals surface area (Å²) >= 11 is 0. The zero-order chi connectivity index (χ0) is 21.0. The van der Waals surface area contributed by atoms with Crippen molar-refractivity contribution in [2.24, 2.45) is 5.41 Å². The summed E-state index contributed by atoms with van der Waals surface area (Å²) in [4.78, 5) is 12.1. The van der Waals surface area contributed by atoms with Crippen LogP contribution >= 0.6 is 0 Å². The lowest BCUT2D eigenvalue weighted by Gasteiger charge is -2.29. The number of carbonyl (C=O) groups excluding carboxylic acids is 1. The van der Waals surface area contributed by atoms with Crippen LogP contribution in [0, 0.1) is 11.2 Å². The van der Waals surface area contributed by atoms with Crippen LogP contribution in [0.2, 0.25) is 0 Å². The van der Waals surface area contributed by atoms with E-state index in [1.54, 1.807) is 18.2 Å². The first-order valence-electron chi connectivity index (χ1n) is 10.5. The van der Waals surface area contributed by atoms with Gasteiger partial charge in [-0.05, 0) is 72.1 Å². The maximum atomic E-state index is 14.9. The highest BCUT2D eigenvalue weighted by atomic mass is 19.1. The van der Waals surface area contributed by atoms with Crippen molar-refractivity contribution >= 4 is 5.97 Å². The molecule has 0 radical (unpaired) electrons. The smallest absolute Gasteiger partial charge is 0.337 e. The fourth-order valence-electron chi connectivity index (χ4n) is 4.38. The molecule has 2 aromatic carbocycles. The van der Waals surface area contributed by atoms with E-state index in [4.69, 9.17) is 9.47 Å². The van der Waals surface area contributed by atoms with Crippen molar-refractivity contribution < 1.29 is 18.7 Å². The first-order chi connectivity index (χ1) is 13.9. The summed E-state index contributed by atoms with van der Waals surface area (Å²) in [6.45, 7) is 7.23. The summed E-state index contributed by atoms with van der Waals surface area (Å²) in [5, 5.41) is 0. The van der Waals surface area contributed by atoms with Gasteiger partial charge in [-0.2, -0.15) is 0 Å². The standard InChI is InChI=1S/C25H31FO3/c1-5-6-14-29-18-10-12-23(26)21(16-18)19-11-9-17(24(27)28-4)15-20(19)22-8-7-13-25(22,2)3/h9-12,15-16,22H,5-8,13-14H2,1-4H3. The molecule has 29 heavy (non-hydrogen) atoms. The number of ether oxygens (including phenoxy) is 2. The van der Waals surface area contributed by atoms with Crippen molar-refractivity contribution in [2.75, 3.05) is 13.7 Å². The minimum atomic E-state index is -0.370. The van der Waals surface area contributed by atoms with Gasteiger partial charge in [-0.3, -0.25) is 0 Å². The van der Waals surface area contributed by atoms with Gasteiger partial charge in [0, 0.05) is 5.56 Å². The van der Waals surface area contributed by atoms with E-state index in [1.165, 1.54) is 13.2 Å². The Balaban J connectivity index is 2.09. The minimum Gasteiger partial charge on any atom is -0.494 e. The molecular formula is C25H31FO3. The van der Waals surface area contributed by atoms with E-state index in [0.29, 0.717) is 23.5 Å². The molecule has 1 saturated carbocycles. The highest BCUT2D eigenvalue weighted by molar-refractivity contribution is 5.90. The zero-order valence-corrected chi connectivity index (χ0v) is 17.9. The number of rotatable bonds is 7. The molecule has 1 unspecified atom stereocenters. The number of hydrogen-bond acceptors (Lipinski definition) is 3. The van der Waals surface area contributed by atoms with Crippen LogP contribution < -0.4 is 4.74 Å². The third-order valence-corrected chi connectivity index (χ3v) is 6.10. The molecule has 0 bridgehead atoms. The Hall–Kier alpha value is -2.36. The molecule has 156 valence electrons. The molecule has 0 N–H and O–H groups in total. The monoisotopic (exact) mass is 398 g/mol. The van der Waals surface area contributed by atoms with Gasteiger partial charge in [-0.1, -0.05) is 39.7 Å². The Morgan fingerprint density at radius 2 is 1.97 bits per heavy atom. The van der Waals surface area contributed by atoms with Gasteiger partial charge in [-0.25, -0.2) is 9.18 Å². The molecule has 2 aromatic rings. The molecule has 1 aliphatic carbocycles. The molecule has 0 aliphatic heterocycles. The molecule has 0 spiro atoms. The topological polar surface area (TPSA) is 35.5 Å². The first kappa shape index (κ1) is 21.4. The Kier molecular flexibility index (Phi) is 6.61. The molecule has 1 atom stereocenters. The summed E-state index contributed by atoms with van der Waals surface area (Å²) in [7, 11) is 1.38. The summed E-state index contributed by atoms with van der Waals surface area (Å²) in [5.74, 6) is 0.274. The second kappa shape index (κ2) is 8.98. The van der Waals surface area contributed by atoms with Crippen molar-refractivity contribution in [3.8, 4) is 16.9 Å². The molecule has 0 heterocycles. The second-order valence-electron chi connectivity index (χ2n) is 8.57. The lowest BCUT2D eigenvalue weighted by Crippen LogP contribution is -2.17. The summed E-state index contributed by atoms with van der Waals surface area (Å²) in [5.41, 5.74) is 2.96. The van der Waals surface area contributed by atoms with Gasteiger partial charge in [0.2, 0.25) is 0 Å². The third-order valence-electron chi connectivity index (χ3n) is 6.10. The van der Waals surface area contributed by atoms with Gasteiger partial charge in [0.1, 0.15) is 11.6 Å². The number of methoxy groups -OCH3 is 1. The molecule has 1 aliphatic rings. The van der Waals surface area contributed by atoms with Gasteiger partial charge in [0.15, 0.2) is 0 Å². The molecule has 3 nitrogen and oxygen atoms in total. The molecular weight excluding hydrogens is 367 g/mol. The molecule has 0 aromatic heterocycles. The van der Waals surface area contributed by atoms with Gasteiger partial charge in [0.25, 0.3) is 0 Å². The fraction of sp³-hybridized carbons (Fsp3) is 0.480. The van der Waals surface area contributed by atoms with E-state index in [1.807, 2.05) is 12.1 Å². The van der Waals surface area contributed by atoms with Crippen LogP contribution in [-0.2, 0) is 4.74 Å². The summed E-state index contributed by atoms with van der Waals surface area (Å²) in [6, 6.07) is 10.4. The average Bonchev–Trinajstić information content (AvgIpc) is 3.07. The normalized spacial score (nSPS) is 17.9. The molecule has 1 fully saturated rings. The maximum absolute atomic E-state index is 14.9. The van der Waals surface area contributed by atoms with E-state index < -0.39 is 0 Å². The number of hydrogen-bond donors (Lipinski definition) is 0. The van der Waals surface area contributed by atoms with Crippen molar-refractivity contribution in [3.05, 3.63) is 53.3 Å². The lowest BCUT2D eigenvalue weighted by molar-refractivity contribution is 0.0600. The number of unbranched alkanes of at least 4 members (excludes halogenated alkanes) is 1. The average molecular weight is 399 g/mol. The number of benzene rings is 2. The Morgan fingerprint density at radius 1 is 1.17 bits per heavy atom. The number of esters is 1. The lowest BCUT2D eigenvalue weighted by atomic mass is 9.75. The second-order valence-corrected chi connectivity index (χ2v) is 8.57. The molecule has 3 rings (SSSR count). The highest BCUT2D eigenvalue weighted by Crippen LogP contribution is 2.51. The first-order valence-corrected chi connectivity index (χ1v) is 10.5. The SMILES string of the molecule is CCCCOc1ccc(F)c(-c2ccc(C(=O)OC)cc2C2CCCC2(C)C)c1. The zero-order valence-electron chi connectivity index (χ0n) is 17.9. The largest absolute Gasteiger partial charge is 0.494 e. The predicted octanol–water partition coefficient (Wildman–Crippen LogP) is 6.75. The molecule has 0 amide bonds. The summed E-state index contributed by atoms with van der Waals surface area (Å²) in [6.07, 6.45) is 5.27. The van der Waals surface area contributed by atoms with Crippen LogP contribution in [-0.4, -0.2) is 19.7 Å². The van der Waals surface area contributed by atoms with Crippen molar-refractivity contribution in [3.63, 3.8) is 0 Å². The maximum Gasteiger partial charge on any atom is 0.337 e. The predicted molar refractivity (Wildman–Crippen MR) is 114 cm³/mol. The van der Waals surface area contributed by atoms with Crippen LogP contribution in [0.5, 0.6) is 5.75 Å². The van der Waals surface area contributed by atoms with Crippen LogP contribution in [0.15, 0.2) is 36.4 Å². The quantitative estimate of drug-likeness (QED) is 0.382. The third kappa shape index (κ3) is 4.63. The number of carbonyl (C=O) groups is 1. The minimum absolute atomic E-state index is 0.0925. The Bertz CT molecular complexity index is 872. The van der Waals surface area contributed by atoms with E-state index in [0.717, 1.165) is 43.2 Å². The molecule has 0 saturated heterocycles. The van der Waals surface area contributed by atoms with Gasteiger partial charge >= 0.3 is 5.97 Å². The van der Waals surface area contributed by atoms with Crippen LogP contribution in [0.4, 0.5) is 4.39 Å². The van der Waals surface area contributed by atoms with Gasteiger partial charge in [-0.15, -0.1) is 0 Å². The Labute approximate surface area is 173 Å². The highest BCUT2D eigenvalue weighted by Gasteiger charge is 2.37. The van der Waals surface area contributed by atoms with Crippen LogP contribution in [0.25, 0.3) is 11.1 Å². The summed E-state index contributed by atoms with van der Waals surface area (Å²) < 4.78 is 25.6. The van der Waals surface area contributed by atoms with Gasteiger partial charge in [0.05, 0.1) is 19.3 Å². The fourth-order valence-corrected chi connectivity index (χ4v) is 4.38. The van der Waals surface area contributed by atoms with Crippen molar-refractivity contribution in [2.45, 2.75) is 58.8 Å². The van der Waals surface area contributed by atoms with Gasteiger partial charge < -0.3 is 9.47 Å². The Morgan fingerprint density at radius 3 is 2.62 bits per heavy atom. The van der Waals surface area contributed by atoms with E-state index in [2.05, 4.69) is 20.8 Å². The van der Waals surface area contributed by atoms with Crippen molar-refractivity contribution in [1.82, 2.24) is 0 Å². The van der Waals surface area contributed by atoms with Crippen LogP contribution in [0.3, 0.4) is 0 Å². The van der Waals surface area contributed by atoms with Crippen LogP contribution in [0.1, 0.15) is 74.7 Å². The van der Waals surface area contributed by atoms with E-state index in [9.17, 15) is 9.18 Å². The molecule has 4 heteroatoms. The van der Waals surface area contributed by atoms with Crippen molar-refractivity contribution in [1.29, 1.82) is 0 Å². The van der Waals surface area contributed by atoms with E-state index in [-0.39, 0.29) is 23.1 Å².